The lowest BCUT2D eigenvalue weighted by atomic mass is 10.3. The Labute approximate surface area is 82.1 Å². The lowest BCUT2D eigenvalue weighted by Crippen LogP contribution is -2.33. The molecular weight excluding hydrogens is 182 g/mol. The number of oxazole rings is 1. The number of amides is 1. The minimum Gasteiger partial charge on any atom is -0.438 e. The van der Waals surface area contributed by atoms with Crippen LogP contribution >= 0.6 is 0 Å². The van der Waals surface area contributed by atoms with Gasteiger partial charge < -0.3 is 14.6 Å². The Kier molecular flexibility index (Phi) is 2.78. The molecule has 76 valence electrons. The van der Waals surface area contributed by atoms with Crippen molar-refractivity contribution in [3.63, 3.8) is 0 Å². The van der Waals surface area contributed by atoms with Crippen LogP contribution < -0.4 is 5.32 Å². The van der Waals surface area contributed by atoms with Gasteiger partial charge in [-0.2, -0.15) is 0 Å². The monoisotopic (exact) mass is 195 g/mol. The van der Waals surface area contributed by atoms with Gasteiger partial charge in [-0.15, -0.1) is 0 Å². The second-order valence-corrected chi connectivity index (χ2v) is 3.26. The third kappa shape index (κ3) is 1.93. The zero-order valence-electron chi connectivity index (χ0n) is 7.90. The van der Waals surface area contributed by atoms with Crippen molar-refractivity contribution in [2.45, 2.75) is 6.42 Å². The Hall–Kier alpha value is -1.36. The molecule has 1 aliphatic rings. The van der Waals surface area contributed by atoms with Crippen LogP contribution in [0.3, 0.4) is 0 Å². The molecule has 0 atom stereocenters. The van der Waals surface area contributed by atoms with Gasteiger partial charge in [0.1, 0.15) is 0 Å². The molecule has 1 aromatic heterocycles. The van der Waals surface area contributed by atoms with E-state index in [1.54, 1.807) is 4.90 Å². The molecule has 1 N–H and O–H groups in total. The third-order valence-electron chi connectivity index (χ3n) is 2.27. The fourth-order valence-electron chi connectivity index (χ4n) is 1.53. The van der Waals surface area contributed by atoms with Gasteiger partial charge in [0, 0.05) is 19.6 Å². The summed E-state index contributed by atoms with van der Waals surface area (Å²) in [4.78, 5) is 17.3. The summed E-state index contributed by atoms with van der Waals surface area (Å²) in [7, 11) is 0. The molecule has 14 heavy (non-hydrogen) atoms. The summed E-state index contributed by atoms with van der Waals surface area (Å²) in [6.45, 7) is 3.34. The smallest absolute Gasteiger partial charge is 0.291 e. The van der Waals surface area contributed by atoms with Crippen molar-refractivity contribution >= 4 is 5.91 Å². The van der Waals surface area contributed by atoms with E-state index in [1.807, 2.05) is 0 Å². The number of rotatable bonds is 1. The molecule has 0 radical (unpaired) electrons. The van der Waals surface area contributed by atoms with Crippen molar-refractivity contribution in [2.24, 2.45) is 0 Å². The number of carbonyl (C=O) groups excluding carboxylic acids is 1. The largest absolute Gasteiger partial charge is 0.438 e. The van der Waals surface area contributed by atoms with Crippen molar-refractivity contribution in [1.82, 2.24) is 15.2 Å². The third-order valence-corrected chi connectivity index (χ3v) is 2.27. The quantitative estimate of drug-likeness (QED) is 0.691. The molecule has 0 aromatic carbocycles. The predicted octanol–water partition coefficient (Wildman–Crippen LogP) is 0.110. The first-order valence-electron chi connectivity index (χ1n) is 4.76. The lowest BCUT2D eigenvalue weighted by molar-refractivity contribution is 0.0734. The maximum atomic E-state index is 11.8. The standard InChI is InChI=1S/C9H13N3O2/c13-9(8-6-11-7-14-8)12-4-1-2-10-3-5-12/h6-7,10H,1-5H2. The fourth-order valence-corrected chi connectivity index (χ4v) is 1.53. The summed E-state index contributed by atoms with van der Waals surface area (Å²) in [5.74, 6) is 0.262. The molecule has 0 saturated carbocycles. The molecule has 1 amide bonds. The van der Waals surface area contributed by atoms with Crippen molar-refractivity contribution in [2.75, 3.05) is 26.2 Å². The van der Waals surface area contributed by atoms with E-state index in [2.05, 4.69) is 10.3 Å². The van der Waals surface area contributed by atoms with Crippen molar-refractivity contribution in [3.05, 3.63) is 18.4 Å². The van der Waals surface area contributed by atoms with Gasteiger partial charge in [-0.05, 0) is 13.0 Å². The summed E-state index contributed by atoms with van der Waals surface area (Å²) in [5.41, 5.74) is 0. The van der Waals surface area contributed by atoms with Gasteiger partial charge in [-0.3, -0.25) is 4.79 Å². The van der Waals surface area contributed by atoms with Crippen LogP contribution in [0.1, 0.15) is 17.0 Å². The van der Waals surface area contributed by atoms with E-state index in [1.165, 1.54) is 12.6 Å². The average Bonchev–Trinajstić information content (AvgIpc) is 2.59. The maximum absolute atomic E-state index is 11.8. The molecule has 5 heteroatoms. The predicted molar refractivity (Wildman–Crippen MR) is 49.9 cm³/mol. The molecule has 0 aliphatic carbocycles. The van der Waals surface area contributed by atoms with E-state index in [9.17, 15) is 4.79 Å². The molecule has 0 spiro atoms. The highest BCUT2D eigenvalue weighted by Gasteiger charge is 2.19. The molecule has 1 fully saturated rings. The van der Waals surface area contributed by atoms with Gasteiger partial charge in [0.15, 0.2) is 6.39 Å². The summed E-state index contributed by atoms with van der Waals surface area (Å²) in [6, 6.07) is 0. The van der Waals surface area contributed by atoms with E-state index < -0.39 is 0 Å². The van der Waals surface area contributed by atoms with Crippen molar-refractivity contribution in [3.8, 4) is 0 Å². The first kappa shape index (κ1) is 9.21. The Bertz CT molecular complexity index is 289. The van der Waals surface area contributed by atoms with Crippen LogP contribution in [0.4, 0.5) is 0 Å². The van der Waals surface area contributed by atoms with E-state index >= 15 is 0 Å². The van der Waals surface area contributed by atoms with Crippen molar-refractivity contribution < 1.29 is 9.21 Å². The summed E-state index contributed by atoms with van der Waals surface area (Å²) >= 11 is 0. The maximum Gasteiger partial charge on any atom is 0.291 e. The Morgan fingerprint density at radius 2 is 2.43 bits per heavy atom. The second kappa shape index (κ2) is 4.23. The molecule has 2 rings (SSSR count). The van der Waals surface area contributed by atoms with E-state index in [-0.39, 0.29) is 5.91 Å². The van der Waals surface area contributed by atoms with Gasteiger partial charge in [-0.1, -0.05) is 0 Å². The van der Waals surface area contributed by atoms with Crippen LogP contribution in [-0.4, -0.2) is 42.0 Å². The van der Waals surface area contributed by atoms with E-state index in [4.69, 9.17) is 4.42 Å². The zero-order chi connectivity index (χ0) is 9.80. The minimum atomic E-state index is -0.0637. The van der Waals surface area contributed by atoms with Crippen LogP contribution in [0.5, 0.6) is 0 Å². The molecule has 1 saturated heterocycles. The van der Waals surface area contributed by atoms with Crippen LogP contribution in [0.25, 0.3) is 0 Å². The summed E-state index contributed by atoms with van der Waals surface area (Å²) in [5, 5.41) is 3.24. The minimum absolute atomic E-state index is 0.0637. The first-order valence-corrected chi connectivity index (χ1v) is 4.76. The van der Waals surface area contributed by atoms with Gasteiger partial charge in [0.05, 0.1) is 6.20 Å². The van der Waals surface area contributed by atoms with Gasteiger partial charge >= 0.3 is 0 Å². The molecular formula is C9H13N3O2. The Morgan fingerprint density at radius 3 is 3.21 bits per heavy atom. The van der Waals surface area contributed by atoms with Crippen LogP contribution in [-0.2, 0) is 0 Å². The molecule has 1 aliphatic heterocycles. The van der Waals surface area contributed by atoms with E-state index in [0.717, 1.165) is 32.6 Å². The zero-order valence-corrected chi connectivity index (χ0v) is 7.90. The molecule has 5 nitrogen and oxygen atoms in total. The molecule has 2 heterocycles. The number of nitrogens with one attached hydrogen (secondary N) is 1. The summed E-state index contributed by atoms with van der Waals surface area (Å²) in [6.07, 6.45) is 3.73. The van der Waals surface area contributed by atoms with Crippen LogP contribution in [0.2, 0.25) is 0 Å². The summed E-state index contributed by atoms with van der Waals surface area (Å²) < 4.78 is 4.97. The highest BCUT2D eigenvalue weighted by Crippen LogP contribution is 2.05. The van der Waals surface area contributed by atoms with E-state index in [0.29, 0.717) is 5.76 Å². The lowest BCUT2D eigenvalue weighted by Gasteiger charge is -2.17. The molecule has 0 unspecified atom stereocenters. The second-order valence-electron chi connectivity index (χ2n) is 3.26. The van der Waals surface area contributed by atoms with Crippen LogP contribution in [0.15, 0.2) is 17.0 Å². The van der Waals surface area contributed by atoms with Crippen LogP contribution in [0, 0.1) is 0 Å². The highest BCUT2D eigenvalue weighted by atomic mass is 16.3. The fraction of sp³-hybridized carbons (Fsp3) is 0.556. The normalized spacial score (nSPS) is 17.9. The number of carbonyl (C=O) groups is 1. The van der Waals surface area contributed by atoms with Gasteiger partial charge in [0.25, 0.3) is 5.91 Å². The average molecular weight is 195 g/mol. The van der Waals surface area contributed by atoms with Crippen molar-refractivity contribution in [1.29, 1.82) is 0 Å². The first-order chi connectivity index (χ1) is 6.88. The Morgan fingerprint density at radius 1 is 1.50 bits per heavy atom. The SMILES string of the molecule is O=C(c1cnco1)N1CCCNCC1. The number of hydrogen-bond donors (Lipinski definition) is 1. The topological polar surface area (TPSA) is 58.4 Å². The highest BCUT2D eigenvalue weighted by molar-refractivity contribution is 5.91. The number of hydrogen-bond acceptors (Lipinski definition) is 4. The molecule has 1 aromatic rings. The Balaban J connectivity index is 2.03. The van der Waals surface area contributed by atoms with Gasteiger partial charge in [0.2, 0.25) is 5.76 Å². The molecule has 0 bridgehead atoms. The number of nitrogens with zero attached hydrogens (tertiary/aromatic N) is 2. The number of aromatic nitrogens is 1. The van der Waals surface area contributed by atoms with Gasteiger partial charge in [-0.25, -0.2) is 4.98 Å².